The topological polar surface area (TPSA) is 30.5 Å². The maximum Gasteiger partial charge on any atom is 0.0622 e. The number of methoxy groups -OCH3 is 1. The second-order valence-corrected chi connectivity index (χ2v) is 3.92. The van der Waals surface area contributed by atoms with Gasteiger partial charge in [0, 0.05) is 26.4 Å². The zero-order valence-corrected chi connectivity index (χ0v) is 9.42. The van der Waals surface area contributed by atoms with Crippen molar-refractivity contribution in [2.75, 3.05) is 33.5 Å². The van der Waals surface area contributed by atoms with Crippen molar-refractivity contribution in [2.45, 2.75) is 32.2 Å². The van der Waals surface area contributed by atoms with E-state index in [0.717, 1.165) is 38.7 Å². The maximum absolute atomic E-state index is 5.61. The number of likely N-dealkylation sites (N-methyl/N-ethyl adjacent to an activating group) is 1. The van der Waals surface area contributed by atoms with Crippen molar-refractivity contribution >= 4 is 0 Å². The molecule has 1 aliphatic carbocycles. The Bertz CT molecular complexity index is 137. The van der Waals surface area contributed by atoms with Gasteiger partial charge in [-0.2, -0.15) is 0 Å². The molecule has 1 unspecified atom stereocenters. The number of hydrogen-bond acceptors (Lipinski definition) is 3. The molecule has 0 saturated heterocycles. The first-order chi connectivity index (χ1) is 6.88. The fourth-order valence-electron chi connectivity index (χ4n) is 1.64. The lowest BCUT2D eigenvalue weighted by atomic mass is 10.2. The quantitative estimate of drug-likeness (QED) is 0.572. The van der Waals surface area contributed by atoms with Crippen LogP contribution in [0.15, 0.2) is 0 Å². The van der Waals surface area contributed by atoms with E-state index in [9.17, 15) is 0 Å². The third-order valence-corrected chi connectivity index (χ3v) is 2.59. The second-order valence-electron chi connectivity index (χ2n) is 3.92. The molecule has 0 heterocycles. The van der Waals surface area contributed by atoms with Crippen LogP contribution in [0.1, 0.15) is 26.2 Å². The number of nitrogens with one attached hydrogen (secondary N) is 1. The summed E-state index contributed by atoms with van der Waals surface area (Å²) in [5, 5.41) is 3.48. The van der Waals surface area contributed by atoms with E-state index in [1.165, 1.54) is 12.8 Å². The highest BCUT2D eigenvalue weighted by Crippen LogP contribution is 2.32. The Morgan fingerprint density at radius 3 is 2.71 bits per heavy atom. The van der Waals surface area contributed by atoms with Crippen molar-refractivity contribution in [1.29, 1.82) is 0 Å². The van der Waals surface area contributed by atoms with Gasteiger partial charge in [-0.25, -0.2) is 0 Å². The molecule has 0 aromatic carbocycles. The molecule has 3 heteroatoms. The largest absolute Gasteiger partial charge is 0.385 e. The first-order valence-corrected chi connectivity index (χ1v) is 5.68. The molecule has 0 amide bonds. The Labute approximate surface area is 87.2 Å². The van der Waals surface area contributed by atoms with Gasteiger partial charge in [0.1, 0.15) is 0 Å². The van der Waals surface area contributed by atoms with Crippen LogP contribution in [-0.2, 0) is 9.47 Å². The molecule has 0 spiro atoms. The van der Waals surface area contributed by atoms with Crippen LogP contribution in [0.2, 0.25) is 0 Å². The molecule has 0 radical (unpaired) electrons. The van der Waals surface area contributed by atoms with Gasteiger partial charge in [0.2, 0.25) is 0 Å². The lowest BCUT2D eigenvalue weighted by Gasteiger charge is -2.17. The first-order valence-electron chi connectivity index (χ1n) is 5.68. The highest BCUT2D eigenvalue weighted by atomic mass is 16.5. The third kappa shape index (κ3) is 4.94. The van der Waals surface area contributed by atoms with Crippen LogP contribution in [-0.4, -0.2) is 39.5 Å². The third-order valence-electron chi connectivity index (χ3n) is 2.59. The molecule has 84 valence electrons. The van der Waals surface area contributed by atoms with E-state index in [0.29, 0.717) is 6.04 Å². The molecule has 0 bridgehead atoms. The molecule has 0 aliphatic heterocycles. The highest BCUT2D eigenvalue weighted by Gasteiger charge is 2.30. The average molecular weight is 201 g/mol. The number of hydrogen-bond donors (Lipinski definition) is 1. The van der Waals surface area contributed by atoms with Gasteiger partial charge in [0.15, 0.2) is 0 Å². The van der Waals surface area contributed by atoms with Crippen molar-refractivity contribution < 1.29 is 9.47 Å². The molecular formula is C11H23NO2. The average Bonchev–Trinajstić information content (AvgIpc) is 2.99. The van der Waals surface area contributed by atoms with Gasteiger partial charge in [-0.3, -0.25) is 0 Å². The standard InChI is InChI=1S/C11H23NO2/c1-3-12-11(10-5-6-10)9-14-8-4-7-13-2/h10-12H,3-9H2,1-2H3. The van der Waals surface area contributed by atoms with E-state index >= 15 is 0 Å². The highest BCUT2D eigenvalue weighted by molar-refractivity contribution is 4.85. The van der Waals surface area contributed by atoms with Crippen molar-refractivity contribution in [3.63, 3.8) is 0 Å². The number of rotatable bonds is 9. The Kier molecular flexibility index (Phi) is 6.15. The summed E-state index contributed by atoms with van der Waals surface area (Å²) in [6, 6.07) is 0.586. The minimum atomic E-state index is 0.586. The summed E-state index contributed by atoms with van der Waals surface area (Å²) in [6.45, 7) is 5.68. The van der Waals surface area contributed by atoms with Crippen LogP contribution in [0.25, 0.3) is 0 Å². The van der Waals surface area contributed by atoms with Gasteiger partial charge in [0.05, 0.1) is 6.61 Å². The van der Waals surface area contributed by atoms with Crippen molar-refractivity contribution in [3.05, 3.63) is 0 Å². The minimum Gasteiger partial charge on any atom is -0.385 e. The van der Waals surface area contributed by atoms with E-state index < -0.39 is 0 Å². The van der Waals surface area contributed by atoms with Gasteiger partial charge in [-0.1, -0.05) is 6.92 Å². The fraction of sp³-hybridized carbons (Fsp3) is 1.00. The van der Waals surface area contributed by atoms with E-state index in [1.807, 2.05) is 0 Å². The Hall–Kier alpha value is -0.120. The molecule has 1 N–H and O–H groups in total. The molecule has 1 saturated carbocycles. The fourth-order valence-corrected chi connectivity index (χ4v) is 1.64. The zero-order chi connectivity index (χ0) is 10.2. The summed E-state index contributed by atoms with van der Waals surface area (Å²) in [5.74, 6) is 0.873. The predicted molar refractivity (Wildman–Crippen MR) is 57.5 cm³/mol. The van der Waals surface area contributed by atoms with Crippen molar-refractivity contribution in [1.82, 2.24) is 5.32 Å². The normalized spacial score (nSPS) is 18.4. The molecule has 14 heavy (non-hydrogen) atoms. The summed E-state index contributed by atoms with van der Waals surface area (Å²) in [7, 11) is 1.73. The molecule has 1 rings (SSSR count). The lowest BCUT2D eigenvalue weighted by molar-refractivity contribution is 0.0837. The van der Waals surface area contributed by atoms with E-state index in [-0.39, 0.29) is 0 Å². The molecule has 1 fully saturated rings. The van der Waals surface area contributed by atoms with Crippen LogP contribution in [0, 0.1) is 5.92 Å². The summed E-state index contributed by atoms with van der Waals surface area (Å²) in [5.41, 5.74) is 0. The Balaban J connectivity index is 1.96. The van der Waals surface area contributed by atoms with Crippen LogP contribution < -0.4 is 5.32 Å². The van der Waals surface area contributed by atoms with E-state index in [2.05, 4.69) is 12.2 Å². The molecular weight excluding hydrogens is 178 g/mol. The first kappa shape index (κ1) is 12.0. The molecule has 1 aliphatic rings. The lowest BCUT2D eigenvalue weighted by Crippen LogP contribution is -2.35. The van der Waals surface area contributed by atoms with Crippen molar-refractivity contribution in [2.24, 2.45) is 5.92 Å². The Morgan fingerprint density at radius 2 is 2.14 bits per heavy atom. The van der Waals surface area contributed by atoms with Crippen molar-refractivity contribution in [3.8, 4) is 0 Å². The van der Waals surface area contributed by atoms with Gasteiger partial charge in [0.25, 0.3) is 0 Å². The molecule has 1 atom stereocenters. The van der Waals surface area contributed by atoms with Crippen LogP contribution in [0.4, 0.5) is 0 Å². The molecule has 0 aromatic rings. The minimum absolute atomic E-state index is 0.586. The predicted octanol–water partition coefficient (Wildman–Crippen LogP) is 1.43. The second kappa shape index (κ2) is 7.21. The van der Waals surface area contributed by atoms with Gasteiger partial charge in [-0.15, -0.1) is 0 Å². The van der Waals surface area contributed by atoms with Gasteiger partial charge in [-0.05, 0) is 31.7 Å². The summed E-state index contributed by atoms with van der Waals surface area (Å²) >= 11 is 0. The number of ether oxygens (including phenoxy) is 2. The SMILES string of the molecule is CCNC(COCCCOC)C1CC1. The van der Waals surface area contributed by atoms with Gasteiger partial charge < -0.3 is 14.8 Å². The monoisotopic (exact) mass is 201 g/mol. The van der Waals surface area contributed by atoms with Gasteiger partial charge >= 0.3 is 0 Å². The summed E-state index contributed by atoms with van der Waals surface area (Å²) < 4.78 is 10.6. The zero-order valence-electron chi connectivity index (χ0n) is 9.42. The smallest absolute Gasteiger partial charge is 0.0622 e. The maximum atomic E-state index is 5.61. The summed E-state index contributed by atoms with van der Waals surface area (Å²) in [6.07, 6.45) is 3.75. The summed E-state index contributed by atoms with van der Waals surface area (Å²) in [4.78, 5) is 0. The Morgan fingerprint density at radius 1 is 1.36 bits per heavy atom. The van der Waals surface area contributed by atoms with E-state index in [1.54, 1.807) is 7.11 Å². The van der Waals surface area contributed by atoms with Crippen LogP contribution in [0.3, 0.4) is 0 Å². The van der Waals surface area contributed by atoms with E-state index in [4.69, 9.17) is 9.47 Å². The molecule has 3 nitrogen and oxygen atoms in total. The van der Waals surface area contributed by atoms with Crippen LogP contribution in [0.5, 0.6) is 0 Å². The van der Waals surface area contributed by atoms with Crippen LogP contribution >= 0.6 is 0 Å². The molecule has 0 aromatic heterocycles.